The van der Waals surface area contributed by atoms with Gasteiger partial charge in [-0.2, -0.15) is 26.3 Å². The maximum absolute atomic E-state index is 12.2. The molecule has 124 valence electrons. The smallest absolute Gasteiger partial charge is 0.433 e. The average molecular weight is 367 g/mol. The first-order valence-corrected chi connectivity index (χ1v) is 7.21. The van der Waals surface area contributed by atoms with E-state index in [2.05, 4.69) is 4.99 Å². The van der Waals surface area contributed by atoms with E-state index in [-0.39, 0.29) is 15.6 Å². The van der Waals surface area contributed by atoms with Gasteiger partial charge in [0.15, 0.2) is 4.90 Å². The first-order valence-electron chi connectivity index (χ1n) is 5.51. The minimum Gasteiger partial charge on any atom is -0.611 e. The zero-order valence-corrected chi connectivity index (χ0v) is 12.2. The predicted molar refractivity (Wildman–Crippen MR) is 71.0 cm³/mol. The zero-order chi connectivity index (χ0) is 17.1. The van der Waals surface area contributed by atoms with Crippen LogP contribution in [0.2, 0.25) is 5.02 Å². The Kier molecular flexibility index (Phi) is 6.13. The Bertz CT molecular complexity index is 548. The van der Waals surface area contributed by atoms with Crippen molar-refractivity contribution in [3.8, 4) is 0 Å². The van der Waals surface area contributed by atoms with Crippen molar-refractivity contribution in [3.05, 3.63) is 23.2 Å². The number of hydrogen-bond donors (Lipinski definition) is 1. The van der Waals surface area contributed by atoms with E-state index in [0.29, 0.717) is 6.21 Å². The SMILES string of the molecule is NC(/C=N/c1ccc(Cl)c([S+]([O-])CC(F)(F)F)c1)C(F)(F)F. The summed E-state index contributed by atoms with van der Waals surface area (Å²) in [6.07, 6.45) is -8.98. The molecule has 1 aromatic rings. The van der Waals surface area contributed by atoms with Crippen LogP contribution in [0.4, 0.5) is 32.0 Å². The van der Waals surface area contributed by atoms with Gasteiger partial charge < -0.3 is 10.3 Å². The van der Waals surface area contributed by atoms with Gasteiger partial charge >= 0.3 is 12.4 Å². The Hall–Kier alpha value is -0.970. The molecule has 1 aromatic carbocycles. The number of aliphatic imine (C=N–C) groups is 1. The fraction of sp³-hybridized carbons (Fsp3) is 0.364. The van der Waals surface area contributed by atoms with Crippen molar-refractivity contribution in [2.75, 3.05) is 5.75 Å². The molecule has 11 heteroatoms. The van der Waals surface area contributed by atoms with E-state index in [4.69, 9.17) is 17.3 Å². The highest BCUT2D eigenvalue weighted by Gasteiger charge is 2.37. The highest BCUT2D eigenvalue weighted by molar-refractivity contribution is 7.91. The molecule has 2 N–H and O–H groups in total. The minimum atomic E-state index is -4.70. The van der Waals surface area contributed by atoms with Crippen LogP contribution in [-0.4, -0.2) is 34.9 Å². The Morgan fingerprint density at radius 3 is 2.36 bits per heavy atom. The van der Waals surface area contributed by atoms with E-state index in [1.165, 1.54) is 0 Å². The molecule has 0 aliphatic heterocycles. The van der Waals surface area contributed by atoms with Crippen molar-refractivity contribution < 1.29 is 30.9 Å². The van der Waals surface area contributed by atoms with Crippen LogP contribution in [0.15, 0.2) is 28.1 Å². The van der Waals surface area contributed by atoms with Crippen LogP contribution in [0.1, 0.15) is 0 Å². The lowest BCUT2D eigenvalue weighted by molar-refractivity contribution is -0.131. The third kappa shape index (κ3) is 6.03. The molecule has 0 saturated carbocycles. The maximum atomic E-state index is 12.2. The van der Waals surface area contributed by atoms with Crippen molar-refractivity contribution in [2.45, 2.75) is 23.3 Å². The van der Waals surface area contributed by atoms with E-state index in [1.807, 2.05) is 0 Å². The van der Waals surface area contributed by atoms with Crippen LogP contribution in [0, 0.1) is 0 Å². The fourth-order valence-corrected chi connectivity index (χ4v) is 2.59. The lowest BCUT2D eigenvalue weighted by atomic mass is 10.3. The highest BCUT2D eigenvalue weighted by Crippen LogP contribution is 2.30. The summed E-state index contributed by atoms with van der Waals surface area (Å²) in [6.45, 7) is 0. The summed E-state index contributed by atoms with van der Waals surface area (Å²) >= 11 is 3.15. The van der Waals surface area contributed by atoms with Crippen LogP contribution < -0.4 is 5.73 Å². The summed E-state index contributed by atoms with van der Waals surface area (Å²) in [5, 5.41) is -0.207. The lowest BCUT2D eigenvalue weighted by Gasteiger charge is -2.14. The number of benzene rings is 1. The molecular formula is C11H9ClF6N2OS. The Balaban J connectivity index is 2.97. The molecule has 22 heavy (non-hydrogen) atoms. The Morgan fingerprint density at radius 1 is 1.27 bits per heavy atom. The van der Waals surface area contributed by atoms with Gasteiger partial charge in [0.1, 0.15) is 6.04 Å². The number of rotatable bonds is 4. The summed E-state index contributed by atoms with van der Waals surface area (Å²) in [6, 6.07) is 0.851. The number of nitrogens with zero attached hydrogens (tertiary/aromatic N) is 1. The number of alkyl halides is 6. The Morgan fingerprint density at radius 2 is 1.86 bits per heavy atom. The number of hydrogen-bond acceptors (Lipinski definition) is 3. The van der Waals surface area contributed by atoms with Crippen molar-refractivity contribution in [3.63, 3.8) is 0 Å². The van der Waals surface area contributed by atoms with Gasteiger partial charge in [0, 0.05) is 12.3 Å². The van der Waals surface area contributed by atoms with E-state index in [1.54, 1.807) is 0 Å². The van der Waals surface area contributed by atoms with Crippen LogP contribution in [-0.2, 0) is 11.2 Å². The van der Waals surface area contributed by atoms with Crippen molar-refractivity contribution in [1.82, 2.24) is 0 Å². The van der Waals surface area contributed by atoms with Gasteiger partial charge in [0.05, 0.1) is 10.7 Å². The normalized spacial score (nSPS) is 16.0. The van der Waals surface area contributed by atoms with Crippen molar-refractivity contribution >= 4 is 34.7 Å². The van der Waals surface area contributed by atoms with Gasteiger partial charge in [0.2, 0.25) is 5.75 Å². The van der Waals surface area contributed by atoms with Crippen LogP contribution >= 0.6 is 11.6 Å². The molecule has 3 nitrogen and oxygen atoms in total. The molecule has 0 aliphatic carbocycles. The molecule has 0 aromatic heterocycles. The molecular weight excluding hydrogens is 358 g/mol. The zero-order valence-electron chi connectivity index (χ0n) is 10.6. The summed E-state index contributed by atoms with van der Waals surface area (Å²) in [7, 11) is 0. The van der Waals surface area contributed by atoms with Crippen LogP contribution in [0.5, 0.6) is 0 Å². The first-order chi connectivity index (χ1) is 9.90. The molecule has 0 spiro atoms. The van der Waals surface area contributed by atoms with E-state index in [9.17, 15) is 30.9 Å². The molecule has 0 fully saturated rings. The summed E-state index contributed by atoms with van der Waals surface area (Å²) < 4.78 is 84.8. The van der Waals surface area contributed by atoms with E-state index >= 15 is 0 Å². The topological polar surface area (TPSA) is 61.4 Å². The van der Waals surface area contributed by atoms with Crippen molar-refractivity contribution in [2.24, 2.45) is 10.7 Å². The molecule has 0 heterocycles. The van der Waals surface area contributed by atoms with Gasteiger partial charge in [-0.25, -0.2) is 0 Å². The Labute approximate surface area is 129 Å². The first kappa shape index (κ1) is 19.1. The summed E-state index contributed by atoms with van der Waals surface area (Å²) in [5.74, 6) is -1.62. The van der Waals surface area contributed by atoms with Gasteiger partial charge in [-0.05, 0) is 23.3 Å². The maximum Gasteiger partial charge on any atom is 0.433 e. The highest BCUT2D eigenvalue weighted by atomic mass is 35.5. The quantitative estimate of drug-likeness (QED) is 0.503. The second-order valence-corrected chi connectivity index (χ2v) is 5.89. The van der Waals surface area contributed by atoms with Crippen LogP contribution in [0.3, 0.4) is 0 Å². The fourth-order valence-electron chi connectivity index (χ4n) is 1.22. The molecule has 0 aliphatic rings. The van der Waals surface area contributed by atoms with E-state index < -0.39 is 35.3 Å². The largest absolute Gasteiger partial charge is 0.611 e. The summed E-state index contributed by atoms with van der Waals surface area (Å²) in [5.41, 5.74) is 4.66. The van der Waals surface area contributed by atoms with Gasteiger partial charge in [-0.15, -0.1) is 0 Å². The molecule has 0 bridgehead atoms. The second kappa shape index (κ2) is 7.07. The molecule has 0 amide bonds. The average Bonchev–Trinajstić information content (AvgIpc) is 2.34. The molecule has 0 saturated heterocycles. The number of nitrogens with two attached hydrogens (primary N) is 1. The second-order valence-electron chi connectivity index (χ2n) is 4.07. The number of halogens is 7. The van der Waals surface area contributed by atoms with E-state index in [0.717, 1.165) is 18.2 Å². The third-order valence-electron chi connectivity index (χ3n) is 2.22. The van der Waals surface area contributed by atoms with Gasteiger partial charge in [-0.1, -0.05) is 11.6 Å². The minimum absolute atomic E-state index is 0.144. The molecule has 2 atom stereocenters. The van der Waals surface area contributed by atoms with Gasteiger partial charge in [0.25, 0.3) is 0 Å². The predicted octanol–water partition coefficient (Wildman–Crippen LogP) is 3.60. The monoisotopic (exact) mass is 366 g/mol. The molecule has 1 rings (SSSR count). The van der Waals surface area contributed by atoms with Crippen LogP contribution in [0.25, 0.3) is 0 Å². The summed E-state index contributed by atoms with van der Waals surface area (Å²) in [4.78, 5) is 3.04. The van der Waals surface area contributed by atoms with Crippen molar-refractivity contribution in [1.29, 1.82) is 0 Å². The molecule has 2 unspecified atom stereocenters. The molecule has 0 radical (unpaired) electrons. The third-order valence-corrected chi connectivity index (χ3v) is 4.08. The lowest BCUT2D eigenvalue weighted by Crippen LogP contribution is -2.38. The van der Waals surface area contributed by atoms with Gasteiger partial charge in [-0.3, -0.25) is 4.99 Å². The standard InChI is InChI=1S/C11H9ClF6N2OS/c12-7-2-1-6(20-4-9(19)11(16,17)18)3-8(7)22(21)5-10(13,14)15/h1-4,9H,5,19H2/b20-4+.